The first-order valence-electron chi connectivity index (χ1n) is 6.36. The molecule has 0 amide bonds. The molecule has 20 heavy (non-hydrogen) atoms. The van der Waals surface area contributed by atoms with Gasteiger partial charge in [-0.25, -0.2) is 18.1 Å². The third-order valence-electron chi connectivity index (χ3n) is 3.11. The van der Waals surface area contributed by atoms with Gasteiger partial charge in [-0.1, -0.05) is 17.7 Å². The molecule has 4 nitrogen and oxygen atoms in total. The summed E-state index contributed by atoms with van der Waals surface area (Å²) in [5.41, 5.74) is 4.58. The molecule has 6 heteroatoms. The molecule has 0 atom stereocenters. The van der Waals surface area contributed by atoms with Crippen LogP contribution < -0.4 is 4.72 Å². The molecule has 0 aliphatic heterocycles. The lowest BCUT2D eigenvalue weighted by Gasteiger charge is -2.09. The van der Waals surface area contributed by atoms with Gasteiger partial charge in [0.25, 0.3) is 0 Å². The summed E-state index contributed by atoms with van der Waals surface area (Å²) in [6.07, 6.45) is 0.667. The van der Waals surface area contributed by atoms with Crippen LogP contribution in [0.2, 0.25) is 0 Å². The van der Waals surface area contributed by atoms with Gasteiger partial charge in [0.2, 0.25) is 10.0 Å². The molecular weight excluding hydrogens is 292 g/mol. The van der Waals surface area contributed by atoms with Gasteiger partial charge in [-0.15, -0.1) is 11.3 Å². The molecule has 0 spiro atoms. The second kappa shape index (κ2) is 6.03. The summed E-state index contributed by atoms with van der Waals surface area (Å²) in [6.45, 7) is 6.08. The summed E-state index contributed by atoms with van der Waals surface area (Å²) in [6, 6.07) is 5.35. The van der Waals surface area contributed by atoms with Gasteiger partial charge in [0.1, 0.15) is 0 Å². The Hall–Kier alpha value is -1.24. The second-order valence-electron chi connectivity index (χ2n) is 4.78. The lowest BCUT2D eigenvalue weighted by molar-refractivity contribution is 0.581. The Morgan fingerprint density at radius 1 is 1.25 bits per heavy atom. The zero-order valence-electron chi connectivity index (χ0n) is 11.8. The normalized spacial score (nSPS) is 11.8. The Morgan fingerprint density at radius 2 is 2.00 bits per heavy atom. The number of hydrogen-bond acceptors (Lipinski definition) is 4. The highest BCUT2D eigenvalue weighted by Crippen LogP contribution is 2.17. The average molecular weight is 310 g/mol. The van der Waals surface area contributed by atoms with Gasteiger partial charge >= 0.3 is 0 Å². The number of sulfonamides is 1. The fourth-order valence-electron chi connectivity index (χ4n) is 2.04. The standard InChI is InChI=1S/C14H18N2O2S2/c1-10-4-5-14(11(2)8-10)20(17,18)16-7-6-13-12(3)15-9-19-13/h4-5,8-9,16H,6-7H2,1-3H3. The Labute approximate surface area is 123 Å². The van der Waals surface area contributed by atoms with Crippen LogP contribution in [-0.4, -0.2) is 19.9 Å². The number of hydrogen-bond donors (Lipinski definition) is 1. The van der Waals surface area contributed by atoms with Crippen LogP contribution in [0.4, 0.5) is 0 Å². The smallest absolute Gasteiger partial charge is 0.240 e. The number of benzene rings is 1. The van der Waals surface area contributed by atoms with Crippen molar-refractivity contribution in [3.05, 3.63) is 45.4 Å². The maximum absolute atomic E-state index is 12.3. The lowest BCUT2D eigenvalue weighted by atomic mass is 10.2. The fraction of sp³-hybridized carbons (Fsp3) is 0.357. The molecule has 0 saturated carbocycles. The molecule has 2 aromatic rings. The van der Waals surface area contributed by atoms with Crippen LogP contribution in [0.1, 0.15) is 21.7 Å². The number of nitrogens with zero attached hydrogens (tertiary/aromatic N) is 1. The van der Waals surface area contributed by atoms with Crippen LogP contribution >= 0.6 is 11.3 Å². The zero-order chi connectivity index (χ0) is 14.8. The Morgan fingerprint density at radius 3 is 2.60 bits per heavy atom. The van der Waals surface area contributed by atoms with Crippen LogP contribution in [0.5, 0.6) is 0 Å². The van der Waals surface area contributed by atoms with Crippen molar-refractivity contribution in [1.29, 1.82) is 0 Å². The molecule has 1 heterocycles. The highest BCUT2D eigenvalue weighted by Gasteiger charge is 2.16. The van der Waals surface area contributed by atoms with E-state index in [1.807, 2.05) is 32.9 Å². The molecule has 1 aromatic heterocycles. The summed E-state index contributed by atoms with van der Waals surface area (Å²) in [5.74, 6) is 0. The third kappa shape index (κ3) is 3.45. The van der Waals surface area contributed by atoms with Gasteiger partial charge in [-0.2, -0.15) is 0 Å². The average Bonchev–Trinajstić information content (AvgIpc) is 2.74. The summed E-state index contributed by atoms with van der Waals surface area (Å²) in [7, 11) is -3.44. The Kier molecular flexibility index (Phi) is 4.57. The molecule has 0 fully saturated rings. The summed E-state index contributed by atoms with van der Waals surface area (Å²) >= 11 is 1.56. The molecule has 0 aliphatic carbocycles. The van der Waals surface area contributed by atoms with Crippen molar-refractivity contribution < 1.29 is 8.42 Å². The molecule has 0 unspecified atom stereocenters. The predicted octanol–water partition coefficient (Wildman–Crippen LogP) is 2.59. The lowest BCUT2D eigenvalue weighted by Crippen LogP contribution is -2.26. The van der Waals surface area contributed by atoms with Crippen LogP contribution in [0.15, 0.2) is 28.6 Å². The monoisotopic (exact) mass is 310 g/mol. The first-order chi connectivity index (χ1) is 9.40. The quantitative estimate of drug-likeness (QED) is 0.923. The van der Waals surface area contributed by atoms with Gasteiger partial charge in [0.05, 0.1) is 16.1 Å². The molecule has 1 N–H and O–H groups in total. The van der Waals surface area contributed by atoms with Crippen molar-refractivity contribution in [3.63, 3.8) is 0 Å². The summed E-state index contributed by atoms with van der Waals surface area (Å²) < 4.78 is 27.2. The maximum atomic E-state index is 12.3. The minimum Gasteiger partial charge on any atom is -0.250 e. The van der Waals surface area contributed by atoms with E-state index in [1.54, 1.807) is 22.9 Å². The maximum Gasteiger partial charge on any atom is 0.240 e. The van der Waals surface area contributed by atoms with E-state index in [9.17, 15) is 8.42 Å². The van der Waals surface area contributed by atoms with Gasteiger partial charge in [0, 0.05) is 11.4 Å². The van der Waals surface area contributed by atoms with E-state index in [2.05, 4.69) is 9.71 Å². The largest absolute Gasteiger partial charge is 0.250 e. The Bertz CT molecular complexity index is 706. The molecule has 108 valence electrons. The molecular formula is C14H18N2O2S2. The summed E-state index contributed by atoms with van der Waals surface area (Å²) in [4.78, 5) is 5.62. The first-order valence-corrected chi connectivity index (χ1v) is 8.72. The van der Waals surface area contributed by atoms with Crippen molar-refractivity contribution in [3.8, 4) is 0 Å². The van der Waals surface area contributed by atoms with E-state index < -0.39 is 10.0 Å². The van der Waals surface area contributed by atoms with Crippen molar-refractivity contribution in [2.45, 2.75) is 32.1 Å². The van der Waals surface area contributed by atoms with Crippen LogP contribution in [-0.2, 0) is 16.4 Å². The zero-order valence-corrected chi connectivity index (χ0v) is 13.4. The van der Waals surface area contributed by atoms with E-state index in [1.165, 1.54) is 0 Å². The van der Waals surface area contributed by atoms with E-state index in [0.717, 1.165) is 21.7 Å². The molecule has 1 aromatic carbocycles. The van der Waals surface area contributed by atoms with E-state index >= 15 is 0 Å². The highest BCUT2D eigenvalue weighted by molar-refractivity contribution is 7.89. The SMILES string of the molecule is Cc1ccc(S(=O)(=O)NCCc2scnc2C)c(C)c1. The Balaban J connectivity index is 2.06. The van der Waals surface area contributed by atoms with E-state index in [-0.39, 0.29) is 0 Å². The van der Waals surface area contributed by atoms with Crippen molar-refractivity contribution in [2.24, 2.45) is 0 Å². The minimum atomic E-state index is -3.44. The number of nitrogens with one attached hydrogen (secondary N) is 1. The predicted molar refractivity (Wildman–Crippen MR) is 81.7 cm³/mol. The van der Waals surface area contributed by atoms with Gasteiger partial charge in [-0.05, 0) is 38.8 Å². The van der Waals surface area contributed by atoms with Gasteiger partial charge in [0.15, 0.2) is 0 Å². The number of aryl methyl sites for hydroxylation is 3. The third-order valence-corrected chi connectivity index (χ3v) is 5.73. The second-order valence-corrected chi connectivity index (χ2v) is 7.45. The minimum absolute atomic E-state index is 0.351. The van der Waals surface area contributed by atoms with Crippen LogP contribution in [0, 0.1) is 20.8 Å². The topological polar surface area (TPSA) is 59.1 Å². The van der Waals surface area contributed by atoms with Crippen LogP contribution in [0.3, 0.4) is 0 Å². The van der Waals surface area contributed by atoms with Crippen molar-refractivity contribution in [1.82, 2.24) is 9.71 Å². The summed E-state index contributed by atoms with van der Waals surface area (Å²) in [5, 5.41) is 0. The van der Waals surface area contributed by atoms with Gasteiger partial charge in [-0.3, -0.25) is 0 Å². The number of aromatic nitrogens is 1. The molecule has 0 aliphatic rings. The molecule has 0 radical (unpaired) electrons. The highest BCUT2D eigenvalue weighted by atomic mass is 32.2. The van der Waals surface area contributed by atoms with Crippen LogP contribution in [0.25, 0.3) is 0 Å². The number of thiazole rings is 1. The molecule has 0 saturated heterocycles. The van der Waals surface area contributed by atoms with E-state index in [0.29, 0.717) is 17.9 Å². The van der Waals surface area contributed by atoms with E-state index in [4.69, 9.17) is 0 Å². The first kappa shape index (κ1) is 15.2. The van der Waals surface area contributed by atoms with Gasteiger partial charge < -0.3 is 0 Å². The molecule has 0 bridgehead atoms. The molecule has 2 rings (SSSR count). The number of rotatable bonds is 5. The van der Waals surface area contributed by atoms with Crippen molar-refractivity contribution in [2.75, 3.05) is 6.54 Å². The fourth-order valence-corrected chi connectivity index (χ4v) is 4.08. The van der Waals surface area contributed by atoms with Crippen molar-refractivity contribution >= 4 is 21.4 Å².